The van der Waals surface area contributed by atoms with Crippen molar-refractivity contribution >= 4 is 52.5 Å². The summed E-state index contributed by atoms with van der Waals surface area (Å²) in [6.07, 6.45) is -2.55. The van der Waals surface area contributed by atoms with Gasteiger partial charge >= 0.3 is 6.18 Å². The Hall–Kier alpha value is -4.23. The van der Waals surface area contributed by atoms with Gasteiger partial charge in [0.25, 0.3) is 11.8 Å². The summed E-state index contributed by atoms with van der Waals surface area (Å²) in [5.74, 6) is -2.98. The van der Waals surface area contributed by atoms with Crippen molar-refractivity contribution in [1.82, 2.24) is 15.1 Å². The zero-order valence-corrected chi connectivity index (χ0v) is 22.7. The average molecular weight is 604 g/mol. The number of amides is 5. The van der Waals surface area contributed by atoms with Gasteiger partial charge in [-0.1, -0.05) is 23.7 Å². The van der Waals surface area contributed by atoms with Gasteiger partial charge in [0, 0.05) is 36.3 Å². The number of hydrogen-bond acceptors (Lipinski definition) is 7. The average Bonchev–Trinajstić information content (AvgIpc) is 3.14. The minimum atomic E-state index is -4.61. The molecule has 2 unspecified atom stereocenters. The van der Waals surface area contributed by atoms with E-state index in [1.165, 1.54) is 0 Å². The van der Waals surface area contributed by atoms with E-state index in [0.717, 1.165) is 54.2 Å². The molecular weight excluding hydrogens is 579 g/mol. The largest absolute Gasteiger partial charge is 0.417 e. The van der Waals surface area contributed by atoms with Crippen LogP contribution in [0.25, 0.3) is 0 Å². The van der Waals surface area contributed by atoms with E-state index in [0.29, 0.717) is 5.69 Å². The van der Waals surface area contributed by atoms with Crippen molar-refractivity contribution in [3.8, 4) is 0 Å². The minimum absolute atomic E-state index is 0.00844. The third kappa shape index (κ3) is 6.16. The normalized spacial score (nSPS) is 20.1. The lowest BCUT2D eigenvalue weighted by atomic mass is 9.97. The van der Waals surface area contributed by atoms with E-state index in [1.807, 2.05) is 6.07 Å². The number of nitrogens with zero attached hydrogens (tertiary/aromatic N) is 2. The van der Waals surface area contributed by atoms with Crippen LogP contribution in [0.1, 0.15) is 42.9 Å². The first kappa shape index (κ1) is 29.3. The van der Waals surface area contributed by atoms with Gasteiger partial charge in [-0.25, -0.2) is 0 Å². The van der Waals surface area contributed by atoms with E-state index in [1.54, 1.807) is 18.2 Å². The predicted molar refractivity (Wildman–Crippen MR) is 145 cm³/mol. The van der Waals surface area contributed by atoms with Crippen molar-refractivity contribution < 1.29 is 37.1 Å². The summed E-state index contributed by atoms with van der Waals surface area (Å²) in [6, 6.07) is 8.48. The summed E-state index contributed by atoms with van der Waals surface area (Å²) in [4.78, 5) is 65.2. The molecular formula is C28H25ClF3N5O5. The molecule has 3 heterocycles. The highest BCUT2D eigenvalue weighted by Gasteiger charge is 2.42. The summed E-state index contributed by atoms with van der Waals surface area (Å²) >= 11 is 5.78. The van der Waals surface area contributed by atoms with Gasteiger partial charge in [-0.05, 0) is 61.8 Å². The molecule has 14 heteroatoms. The Morgan fingerprint density at radius 2 is 1.83 bits per heavy atom. The van der Waals surface area contributed by atoms with Crippen molar-refractivity contribution in [3.63, 3.8) is 0 Å². The number of likely N-dealkylation sites (tertiary alicyclic amines) is 1. The van der Waals surface area contributed by atoms with Crippen LogP contribution in [0.3, 0.4) is 0 Å². The van der Waals surface area contributed by atoms with Crippen LogP contribution in [0.15, 0.2) is 54.2 Å². The third-order valence-electron chi connectivity index (χ3n) is 7.30. The van der Waals surface area contributed by atoms with Gasteiger partial charge in [0.1, 0.15) is 11.7 Å². The number of nitrogens with one attached hydrogen (secondary N) is 3. The van der Waals surface area contributed by atoms with Crippen molar-refractivity contribution in [2.45, 2.75) is 43.9 Å². The van der Waals surface area contributed by atoms with E-state index in [-0.39, 0.29) is 36.7 Å². The molecule has 0 spiro atoms. The molecule has 2 atom stereocenters. The Morgan fingerprint density at radius 3 is 2.48 bits per heavy atom. The quantitative estimate of drug-likeness (QED) is 0.393. The SMILES string of the molecule is O=C1CCC(N2C(=O)C=C(Nc3cccc(C(CC(=O)Nc4ccc(C(F)(F)F)c(Cl)c4)N4CCC4)c3)C2=O)C(=O)N1. The van der Waals surface area contributed by atoms with E-state index >= 15 is 0 Å². The summed E-state index contributed by atoms with van der Waals surface area (Å²) in [6.45, 7) is 1.47. The molecule has 0 radical (unpaired) electrons. The Labute approximate surface area is 242 Å². The fourth-order valence-corrected chi connectivity index (χ4v) is 5.39. The fraction of sp³-hybridized carbons (Fsp3) is 0.321. The van der Waals surface area contributed by atoms with Crippen LogP contribution in [0.2, 0.25) is 5.02 Å². The maximum atomic E-state index is 13.0. The zero-order chi connectivity index (χ0) is 30.2. The molecule has 3 aliphatic heterocycles. The second kappa shape index (κ2) is 11.6. The van der Waals surface area contributed by atoms with Gasteiger partial charge < -0.3 is 10.6 Å². The molecule has 2 fully saturated rings. The van der Waals surface area contributed by atoms with Gasteiger partial charge in [-0.2, -0.15) is 13.2 Å². The van der Waals surface area contributed by atoms with Crippen molar-refractivity contribution in [1.29, 1.82) is 0 Å². The minimum Gasteiger partial charge on any atom is -0.351 e. The van der Waals surface area contributed by atoms with E-state index < -0.39 is 52.3 Å². The highest BCUT2D eigenvalue weighted by Crippen LogP contribution is 2.36. The smallest absolute Gasteiger partial charge is 0.351 e. The van der Waals surface area contributed by atoms with E-state index in [4.69, 9.17) is 11.6 Å². The monoisotopic (exact) mass is 603 g/mol. The van der Waals surface area contributed by atoms with Crippen LogP contribution >= 0.6 is 11.6 Å². The lowest BCUT2D eigenvalue weighted by Gasteiger charge is -2.38. The first-order valence-electron chi connectivity index (χ1n) is 13.1. The summed E-state index contributed by atoms with van der Waals surface area (Å²) < 4.78 is 39.1. The first-order chi connectivity index (χ1) is 19.9. The number of hydrogen-bond donors (Lipinski definition) is 3. The number of rotatable bonds is 8. The Morgan fingerprint density at radius 1 is 1.07 bits per heavy atom. The first-order valence-corrected chi connectivity index (χ1v) is 13.5. The van der Waals surface area contributed by atoms with Crippen LogP contribution in [0.4, 0.5) is 24.5 Å². The van der Waals surface area contributed by atoms with Crippen LogP contribution in [0.5, 0.6) is 0 Å². The third-order valence-corrected chi connectivity index (χ3v) is 7.61. The fourth-order valence-electron chi connectivity index (χ4n) is 5.10. The number of anilines is 2. The molecule has 3 N–H and O–H groups in total. The molecule has 0 aliphatic carbocycles. The molecule has 0 bridgehead atoms. The number of carbonyl (C=O) groups is 5. The molecule has 5 rings (SSSR count). The predicted octanol–water partition coefficient (Wildman–Crippen LogP) is 3.60. The summed E-state index contributed by atoms with van der Waals surface area (Å²) in [7, 11) is 0. The maximum Gasteiger partial charge on any atom is 0.417 e. The van der Waals surface area contributed by atoms with Crippen LogP contribution in [-0.2, 0) is 30.1 Å². The molecule has 2 aromatic rings. The Balaban J connectivity index is 1.28. The van der Waals surface area contributed by atoms with Crippen LogP contribution in [0, 0.1) is 0 Å². The van der Waals surface area contributed by atoms with E-state index in [9.17, 15) is 37.1 Å². The summed E-state index contributed by atoms with van der Waals surface area (Å²) in [5, 5.41) is 7.15. The molecule has 2 aromatic carbocycles. The molecule has 0 aromatic heterocycles. The van der Waals surface area contributed by atoms with Gasteiger partial charge in [-0.3, -0.25) is 39.1 Å². The molecule has 2 saturated heterocycles. The molecule has 220 valence electrons. The number of carbonyl (C=O) groups excluding carboxylic acids is 5. The highest BCUT2D eigenvalue weighted by atomic mass is 35.5. The van der Waals surface area contributed by atoms with Gasteiger partial charge in [0.2, 0.25) is 17.7 Å². The van der Waals surface area contributed by atoms with Gasteiger partial charge in [0.15, 0.2) is 0 Å². The second-order valence-electron chi connectivity index (χ2n) is 10.1. The number of benzene rings is 2. The maximum absolute atomic E-state index is 13.0. The topological polar surface area (TPSA) is 128 Å². The lowest BCUT2D eigenvalue weighted by molar-refractivity contribution is -0.149. The van der Waals surface area contributed by atoms with Gasteiger partial charge in [-0.15, -0.1) is 0 Å². The van der Waals surface area contributed by atoms with Crippen molar-refractivity contribution in [3.05, 3.63) is 70.4 Å². The van der Waals surface area contributed by atoms with E-state index in [2.05, 4.69) is 20.9 Å². The molecule has 10 nitrogen and oxygen atoms in total. The van der Waals surface area contributed by atoms with Crippen molar-refractivity contribution in [2.24, 2.45) is 0 Å². The van der Waals surface area contributed by atoms with Crippen LogP contribution in [-0.4, -0.2) is 58.5 Å². The molecule has 0 saturated carbocycles. The zero-order valence-electron chi connectivity index (χ0n) is 22.0. The standard InChI is InChI=1S/C28H25ClF3N5O5/c29-19-12-17(5-6-18(19)28(30,31)32)34-24(39)14-22(36-9-2-10-36)15-3-1-4-16(11-15)33-20-13-25(40)37(27(20)42)21-7-8-23(38)35-26(21)41/h1,3-6,11-13,21-22,33H,2,7-10,14H2,(H,34,39)(H,35,38,41). The number of piperidine rings is 1. The van der Waals surface area contributed by atoms with Crippen LogP contribution < -0.4 is 16.0 Å². The summed E-state index contributed by atoms with van der Waals surface area (Å²) in [5.41, 5.74) is 0.292. The van der Waals surface area contributed by atoms with Crippen molar-refractivity contribution in [2.75, 3.05) is 23.7 Å². The number of halogens is 4. The molecule has 5 amide bonds. The number of imide groups is 2. The molecule has 42 heavy (non-hydrogen) atoms. The Kier molecular flexibility index (Phi) is 8.06. The number of alkyl halides is 3. The van der Waals surface area contributed by atoms with Gasteiger partial charge in [0.05, 0.1) is 10.6 Å². The Bertz CT molecular complexity index is 1510. The molecule has 3 aliphatic rings. The second-order valence-corrected chi connectivity index (χ2v) is 10.5. The lowest BCUT2D eigenvalue weighted by Crippen LogP contribution is -2.54. The highest BCUT2D eigenvalue weighted by molar-refractivity contribution is 6.31.